The van der Waals surface area contributed by atoms with E-state index in [9.17, 15) is 0 Å². The third-order valence-corrected chi connectivity index (χ3v) is 5.04. The van der Waals surface area contributed by atoms with Crippen LogP contribution in [0.2, 0.25) is 0 Å². The maximum Gasteiger partial charge on any atom is 0.191 e. The second-order valence-electron chi connectivity index (χ2n) is 7.40. The molecule has 6 heteroatoms. The Bertz CT molecular complexity index is 773. The Morgan fingerprint density at radius 3 is 2.61 bits per heavy atom. The van der Waals surface area contributed by atoms with Gasteiger partial charge in [0, 0.05) is 58.2 Å². The fourth-order valence-electron chi connectivity index (χ4n) is 3.39. The smallest absolute Gasteiger partial charge is 0.191 e. The number of halogens is 1. The largest absolute Gasteiger partial charge is 0.378 e. The molecule has 1 aliphatic rings. The summed E-state index contributed by atoms with van der Waals surface area (Å²) in [5, 5.41) is 7.01. The highest BCUT2D eigenvalue weighted by atomic mass is 127. The predicted octanol–water partition coefficient (Wildman–Crippen LogP) is 3.62. The summed E-state index contributed by atoms with van der Waals surface area (Å²) in [5.41, 5.74) is 5.06. The van der Waals surface area contributed by atoms with Gasteiger partial charge in [0.15, 0.2) is 5.96 Å². The van der Waals surface area contributed by atoms with E-state index in [1.165, 1.54) is 22.5 Å². The fourth-order valence-corrected chi connectivity index (χ4v) is 3.39. The van der Waals surface area contributed by atoms with E-state index < -0.39 is 0 Å². The molecular weight excluding hydrogens is 461 g/mol. The standard InChI is InChI=1S/C22H31N5.HI/c1-17-8-10-20(11-9-17)27-13-12-19(16-27)25-22(23-2)24-15-18-6-5-7-21(14-18)26(3)4;/h5-11,14,19H,12-13,15-16H2,1-4H3,(H2,23,24,25);1H. The lowest BCUT2D eigenvalue weighted by molar-refractivity contribution is 0.648. The number of anilines is 2. The Balaban J connectivity index is 0.00000280. The summed E-state index contributed by atoms with van der Waals surface area (Å²) < 4.78 is 0. The molecule has 0 bridgehead atoms. The normalized spacial score (nSPS) is 16.5. The molecule has 5 nitrogen and oxygen atoms in total. The first-order valence-corrected chi connectivity index (χ1v) is 9.60. The van der Waals surface area contributed by atoms with Crippen LogP contribution in [-0.4, -0.2) is 46.2 Å². The molecule has 0 amide bonds. The average Bonchev–Trinajstić information content (AvgIpc) is 3.14. The average molecular weight is 493 g/mol. The van der Waals surface area contributed by atoms with Gasteiger partial charge < -0.3 is 20.4 Å². The molecule has 3 rings (SSSR count). The van der Waals surface area contributed by atoms with E-state index in [0.29, 0.717) is 6.04 Å². The van der Waals surface area contributed by atoms with E-state index in [1.54, 1.807) is 0 Å². The molecule has 1 fully saturated rings. The maximum absolute atomic E-state index is 4.40. The minimum absolute atomic E-state index is 0. The zero-order valence-electron chi connectivity index (χ0n) is 17.3. The molecule has 1 aliphatic heterocycles. The van der Waals surface area contributed by atoms with Crippen LogP contribution in [0.4, 0.5) is 11.4 Å². The molecule has 2 N–H and O–H groups in total. The first-order chi connectivity index (χ1) is 13.0. The number of guanidine groups is 1. The number of aryl methyl sites for hydroxylation is 1. The summed E-state index contributed by atoms with van der Waals surface area (Å²) >= 11 is 0. The van der Waals surface area contributed by atoms with Crippen molar-refractivity contribution in [2.45, 2.75) is 25.9 Å². The van der Waals surface area contributed by atoms with Crippen LogP contribution < -0.4 is 20.4 Å². The molecule has 1 unspecified atom stereocenters. The van der Waals surface area contributed by atoms with Crippen LogP contribution in [0.3, 0.4) is 0 Å². The molecule has 0 spiro atoms. The summed E-state index contributed by atoms with van der Waals surface area (Å²) in [5.74, 6) is 0.862. The Hall–Kier alpha value is -1.96. The van der Waals surface area contributed by atoms with E-state index in [2.05, 4.69) is 95.0 Å². The lowest BCUT2D eigenvalue weighted by atomic mass is 10.2. The van der Waals surface area contributed by atoms with Crippen LogP contribution in [0.1, 0.15) is 17.5 Å². The van der Waals surface area contributed by atoms with Crippen LogP contribution in [0.5, 0.6) is 0 Å². The zero-order valence-corrected chi connectivity index (χ0v) is 19.6. The third-order valence-electron chi connectivity index (χ3n) is 5.04. The molecule has 1 heterocycles. The van der Waals surface area contributed by atoms with Crippen molar-refractivity contribution in [1.29, 1.82) is 0 Å². The van der Waals surface area contributed by atoms with Gasteiger partial charge in [-0.3, -0.25) is 4.99 Å². The van der Waals surface area contributed by atoms with Crippen LogP contribution >= 0.6 is 24.0 Å². The van der Waals surface area contributed by atoms with Gasteiger partial charge in [0.25, 0.3) is 0 Å². The van der Waals surface area contributed by atoms with Crippen LogP contribution in [0, 0.1) is 6.92 Å². The number of aliphatic imine (C=N–C) groups is 1. The van der Waals surface area contributed by atoms with Crippen molar-refractivity contribution in [3.8, 4) is 0 Å². The Labute approximate surface area is 186 Å². The molecule has 1 saturated heterocycles. The molecule has 28 heavy (non-hydrogen) atoms. The first kappa shape index (κ1) is 22.3. The molecule has 1 atom stereocenters. The topological polar surface area (TPSA) is 42.9 Å². The summed E-state index contributed by atoms with van der Waals surface area (Å²) in [4.78, 5) is 8.95. The van der Waals surface area contributed by atoms with Gasteiger partial charge >= 0.3 is 0 Å². The van der Waals surface area contributed by atoms with Gasteiger partial charge in [-0.05, 0) is 43.2 Å². The summed E-state index contributed by atoms with van der Waals surface area (Å²) in [6, 6.07) is 17.7. The van der Waals surface area contributed by atoms with Gasteiger partial charge in [0.2, 0.25) is 0 Å². The lowest BCUT2D eigenvalue weighted by Gasteiger charge is -2.21. The van der Waals surface area contributed by atoms with Crippen molar-refractivity contribution >= 4 is 41.3 Å². The second-order valence-corrected chi connectivity index (χ2v) is 7.40. The Morgan fingerprint density at radius 2 is 1.93 bits per heavy atom. The number of benzene rings is 2. The number of rotatable bonds is 5. The highest BCUT2D eigenvalue weighted by Gasteiger charge is 2.23. The zero-order chi connectivity index (χ0) is 19.2. The Kier molecular flexibility index (Phi) is 8.41. The van der Waals surface area contributed by atoms with Gasteiger partial charge in [-0.2, -0.15) is 0 Å². The maximum atomic E-state index is 4.40. The molecule has 0 radical (unpaired) electrons. The van der Waals surface area contributed by atoms with Gasteiger partial charge in [0.05, 0.1) is 0 Å². The highest BCUT2D eigenvalue weighted by Crippen LogP contribution is 2.20. The van der Waals surface area contributed by atoms with Crippen molar-refractivity contribution < 1.29 is 0 Å². The second kappa shape index (κ2) is 10.5. The summed E-state index contributed by atoms with van der Waals surface area (Å²) in [6.45, 7) is 4.96. The molecule has 0 aliphatic carbocycles. The van der Waals surface area contributed by atoms with E-state index in [-0.39, 0.29) is 24.0 Å². The molecule has 2 aromatic rings. The third kappa shape index (κ3) is 6.02. The first-order valence-electron chi connectivity index (χ1n) is 9.60. The van der Waals surface area contributed by atoms with Crippen LogP contribution in [0.15, 0.2) is 53.5 Å². The molecule has 152 valence electrons. The fraction of sp³-hybridized carbons (Fsp3) is 0.409. The van der Waals surface area contributed by atoms with Crippen molar-refractivity contribution in [2.24, 2.45) is 4.99 Å². The van der Waals surface area contributed by atoms with Crippen molar-refractivity contribution in [3.63, 3.8) is 0 Å². The minimum Gasteiger partial charge on any atom is -0.378 e. The SMILES string of the molecule is CN=C(NCc1cccc(N(C)C)c1)NC1CCN(c2ccc(C)cc2)C1.I. The van der Waals surface area contributed by atoms with Crippen molar-refractivity contribution in [1.82, 2.24) is 10.6 Å². The van der Waals surface area contributed by atoms with E-state index in [1.807, 2.05) is 7.05 Å². The van der Waals surface area contributed by atoms with Crippen molar-refractivity contribution in [3.05, 3.63) is 59.7 Å². The molecular formula is C22H32IN5. The van der Waals surface area contributed by atoms with E-state index in [0.717, 1.165) is 32.0 Å². The number of hydrogen-bond acceptors (Lipinski definition) is 3. The Morgan fingerprint density at radius 1 is 1.18 bits per heavy atom. The highest BCUT2D eigenvalue weighted by molar-refractivity contribution is 14.0. The lowest BCUT2D eigenvalue weighted by Crippen LogP contribution is -2.44. The van der Waals surface area contributed by atoms with E-state index >= 15 is 0 Å². The van der Waals surface area contributed by atoms with Crippen LogP contribution in [0.25, 0.3) is 0 Å². The summed E-state index contributed by atoms with van der Waals surface area (Å²) in [6.07, 6.45) is 1.12. The predicted molar refractivity (Wildman–Crippen MR) is 131 cm³/mol. The van der Waals surface area contributed by atoms with Gasteiger partial charge in [-0.25, -0.2) is 0 Å². The molecule has 0 saturated carbocycles. The van der Waals surface area contributed by atoms with Gasteiger partial charge in [0.1, 0.15) is 0 Å². The van der Waals surface area contributed by atoms with Gasteiger partial charge in [-0.15, -0.1) is 24.0 Å². The quantitative estimate of drug-likeness (QED) is 0.380. The molecule has 0 aromatic heterocycles. The van der Waals surface area contributed by atoms with Crippen molar-refractivity contribution in [2.75, 3.05) is 44.0 Å². The monoisotopic (exact) mass is 493 g/mol. The number of hydrogen-bond donors (Lipinski definition) is 2. The number of nitrogens with one attached hydrogen (secondary N) is 2. The van der Waals surface area contributed by atoms with E-state index in [4.69, 9.17) is 0 Å². The number of nitrogens with zero attached hydrogens (tertiary/aromatic N) is 3. The van der Waals surface area contributed by atoms with Crippen LogP contribution in [-0.2, 0) is 6.54 Å². The summed E-state index contributed by atoms with van der Waals surface area (Å²) in [7, 11) is 5.96. The minimum atomic E-state index is 0. The van der Waals surface area contributed by atoms with Gasteiger partial charge in [-0.1, -0.05) is 29.8 Å². The molecule has 2 aromatic carbocycles.